The Morgan fingerprint density at radius 2 is 1.88 bits per heavy atom. The predicted octanol–water partition coefficient (Wildman–Crippen LogP) is 2.88. The first-order valence-electron chi connectivity index (χ1n) is 5.64. The summed E-state index contributed by atoms with van der Waals surface area (Å²) < 4.78 is 5.37. The number of nitrogens with two attached hydrogens (primary N) is 1. The normalized spacial score (nSPS) is 12.9. The van der Waals surface area contributed by atoms with E-state index >= 15 is 0 Å². The fourth-order valence-corrected chi connectivity index (χ4v) is 1.91. The van der Waals surface area contributed by atoms with Gasteiger partial charge in [-0.15, -0.1) is 0 Å². The summed E-state index contributed by atoms with van der Waals surface area (Å²) in [7, 11) is 0. The topological polar surface area (TPSA) is 35.2 Å². The Kier molecular flexibility index (Phi) is 3.54. The molecule has 2 N–H and O–H groups in total. The fourth-order valence-electron chi connectivity index (χ4n) is 1.91. The number of rotatable bonds is 4. The van der Waals surface area contributed by atoms with Crippen molar-refractivity contribution in [3.8, 4) is 0 Å². The molecule has 2 nitrogen and oxygen atoms in total. The number of fused-ring (bicyclic) bond motifs is 1. The SMILES string of the molecule is CCOCC(N)c1cccc2ccccc12. The minimum atomic E-state index is -0.0500. The summed E-state index contributed by atoms with van der Waals surface area (Å²) in [6.07, 6.45) is 0. The van der Waals surface area contributed by atoms with Crippen LogP contribution in [0, 0.1) is 0 Å². The van der Waals surface area contributed by atoms with Crippen LogP contribution in [0.4, 0.5) is 0 Å². The summed E-state index contributed by atoms with van der Waals surface area (Å²) in [5, 5.41) is 2.45. The van der Waals surface area contributed by atoms with Crippen molar-refractivity contribution >= 4 is 10.8 Å². The van der Waals surface area contributed by atoms with E-state index in [1.807, 2.05) is 25.1 Å². The highest BCUT2D eigenvalue weighted by molar-refractivity contribution is 5.86. The third-order valence-electron chi connectivity index (χ3n) is 2.72. The van der Waals surface area contributed by atoms with Crippen LogP contribution in [0.3, 0.4) is 0 Å². The Hall–Kier alpha value is -1.38. The Morgan fingerprint density at radius 1 is 1.12 bits per heavy atom. The molecular weight excluding hydrogens is 198 g/mol. The molecule has 0 fully saturated rings. The van der Waals surface area contributed by atoms with Gasteiger partial charge in [0.15, 0.2) is 0 Å². The molecule has 2 aromatic rings. The van der Waals surface area contributed by atoms with Crippen LogP contribution < -0.4 is 5.73 Å². The van der Waals surface area contributed by atoms with Crippen LogP contribution in [-0.2, 0) is 4.74 Å². The quantitative estimate of drug-likeness (QED) is 0.851. The molecule has 0 saturated carbocycles. The van der Waals surface area contributed by atoms with Crippen molar-refractivity contribution in [2.45, 2.75) is 13.0 Å². The van der Waals surface area contributed by atoms with E-state index in [1.54, 1.807) is 0 Å². The maximum absolute atomic E-state index is 6.12. The van der Waals surface area contributed by atoms with Gasteiger partial charge in [0.2, 0.25) is 0 Å². The van der Waals surface area contributed by atoms with Gasteiger partial charge in [0, 0.05) is 6.61 Å². The monoisotopic (exact) mass is 215 g/mol. The van der Waals surface area contributed by atoms with Crippen LogP contribution >= 0.6 is 0 Å². The first kappa shape index (κ1) is 11.1. The number of hydrogen-bond acceptors (Lipinski definition) is 2. The molecule has 84 valence electrons. The maximum Gasteiger partial charge on any atom is 0.0659 e. The number of benzene rings is 2. The molecule has 0 aliphatic heterocycles. The van der Waals surface area contributed by atoms with E-state index in [9.17, 15) is 0 Å². The average Bonchev–Trinajstić information content (AvgIpc) is 2.35. The Bertz CT molecular complexity index is 462. The standard InChI is InChI=1S/C14H17NO/c1-2-16-10-14(15)13-9-5-7-11-6-3-4-8-12(11)13/h3-9,14H,2,10,15H2,1H3. The molecule has 0 aliphatic carbocycles. The van der Waals surface area contributed by atoms with Crippen LogP contribution in [0.2, 0.25) is 0 Å². The minimum absolute atomic E-state index is 0.0500. The van der Waals surface area contributed by atoms with Crippen LogP contribution in [-0.4, -0.2) is 13.2 Å². The zero-order chi connectivity index (χ0) is 11.4. The molecule has 0 aliphatic rings. The summed E-state index contributed by atoms with van der Waals surface area (Å²) in [6, 6.07) is 14.5. The molecule has 0 radical (unpaired) electrons. The van der Waals surface area contributed by atoms with E-state index in [0.29, 0.717) is 13.2 Å². The zero-order valence-electron chi connectivity index (χ0n) is 9.52. The van der Waals surface area contributed by atoms with Crippen LogP contribution in [0.15, 0.2) is 42.5 Å². The van der Waals surface area contributed by atoms with E-state index in [4.69, 9.17) is 10.5 Å². The average molecular weight is 215 g/mol. The molecule has 0 aromatic heterocycles. The van der Waals surface area contributed by atoms with Crippen molar-refractivity contribution in [1.82, 2.24) is 0 Å². The first-order chi connectivity index (χ1) is 7.83. The highest BCUT2D eigenvalue weighted by Crippen LogP contribution is 2.23. The van der Waals surface area contributed by atoms with Crippen LogP contribution in [0.25, 0.3) is 10.8 Å². The predicted molar refractivity (Wildman–Crippen MR) is 67.4 cm³/mol. The van der Waals surface area contributed by atoms with Gasteiger partial charge in [-0.25, -0.2) is 0 Å². The lowest BCUT2D eigenvalue weighted by molar-refractivity contribution is 0.134. The molecule has 1 unspecified atom stereocenters. The highest BCUT2D eigenvalue weighted by Gasteiger charge is 2.08. The second-order valence-electron chi connectivity index (χ2n) is 3.83. The summed E-state index contributed by atoms with van der Waals surface area (Å²) in [4.78, 5) is 0. The third-order valence-corrected chi connectivity index (χ3v) is 2.72. The van der Waals surface area contributed by atoms with Crippen LogP contribution in [0.1, 0.15) is 18.5 Å². The molecule has 2 rings (SSSR count). The molecule has 0 bridgehead atoms. The number of ether oxygens (including phenoxy) is 1. The molecule has 16 heavy (non-hydrogen) atoms. The van der Waals surface area contributed by atoms with E-state index in [-0.39, 0.29) is 6.04 Å². The maximum atomic E-state index is 6.12. The molecule has 2 aromatic carbocycles. The van der Waals surface area contributed by atoms with Crippen LogP contribution in [0.5, 0.6) is 0 Å². The fraction of sp³-hybridized carbons (Fsp3) is 0.286. The van der Waals surface area contributed by atoms with Gasteiger partial charge in [-0.3, -0.25) is 0 Å². The molecule has 2 heteroatoms. The highest BCUT2D eigenvalue weighted by atomic mass is 16.5. The van der Waals surface area contributed by atoms with Gasteiger partial charge in [-0.05, 0) is 23.3 Å². The van der Waals surface area contributed by atoms with Gasteiger partial charge in [-0.1, -0.05) is 42.5 Å². The van der Waals surface area contributed by atoms with Crippen molar-refractivity contribution in [3.05, 3.63) is 48.0 Å². The molecule has 0 spiro atoms. The lowest BCUT2D eigenvalue weighted by Crippen LogP contribution is -2.17. The van der Waals surface area contributed by atoms with Gasteiger partial charge < -0.3 is 10.5 Å². The second kappa shape index (κ2) is 5.10. The summed E-state index contributed by atoms with van der Waals surface area (Å²) >= 11 is 0. The van der Waals surface area contributed by atoms with Crippen molar-refractivity contribution in [3.63, 3.8) is 0 Å². The van der Waals surface area contributed by atoms with Gasteiger partial charge in [-0.2, -0.15) is 0 Å². The lowest BCUT2D eigenvalue weighted by atomic mass is 10.00. The number of hydrogen-bond donors (Lipinski definition) is 1. The largest absolute Gasteiger partial charge is 0.380 e. The van der Waals surface area contributed by atoms with E-state index in [0.717, 1.165) is 5.56 Å². The summed E-state index contributed by atoms with van der Waals surface area (Å²) in [6.45, 7) is 3.26. The third kappa shape index (κ3) is 2.23. The molecule has 1 atom stereocenters. The molecule has 0 saturated heterocycles. The van der Waals surface area contributed by atoms with E-state index < -0.39 is 0 Å². The van der Waals surface area contributed by atoms with Gasteiger partial charge in [0.05, 0.1) is 12.6 Å². The Morgan fingerprint density at radius 3 is 2.69 bits per heavy atom. The smallest absolute Gasteiger partial charge is 0.0659 e. The summed E-state index contributed by atoms with van der Waals surface area (Å²) in [5.41, 5.74) is 7.28. The Balaban J connectivity index is 2.36. The van der Waals surface area contributed by atoms with Gasteiger partial charge in [0.1, 0.15) is 0 Å². The van der Waals surface area contributed by atoms with Gasteiger partial charge >= 0.3 is 0 Å². The molecular formula is C14H17NO. The molecule has 0 amide bonds. The van der Waals surface area contributed by atoms with E-state index in [1.165, 1.54) is 10.8 Å². The lowest BCUT2D eigenvalue weighted by Gasteiger charge is -2.14. The second-order valence-corrected chi connectivity index (χ2v) is 3.83. The Labute approximate surface area is 96.0 Å². The first-order valence-corrected chi connectivity index (χ1v) is 5.64. The van der Waals surface area contributed by atoms with Crippen molar-refractivity contribution in [1.29, 1.82) is 0 Å². The minimum Gasteiger partial charge on any atom is -0.380 e. The van der Waals surface area contributed by atoms with Crippen molar-refractivity contribution in [2.24, 2.45) is 5.73 Å². The molecule has 0 heterocycles. The van der Waals surface area contributed by atoms with Crippen molar-refractivity contribution < 1.29 is 4.74 Å². The van der Waals surface area contributed by atoms with E-state index in [2.05, 4.69) is 24.3 Å². The van der Waals surface area contributed by atoms with Crippen molar-refractivity contribution in [2.75, 3.05) is 13.2 Å². The van der Waals surface area contributed by atoms with Gasteiger partial charge in [0.25, 0.3) is 0 Å². The zero-order valence-corrected chi connectivity index (χ0v) is 9.52. The summed E-state index contributed by atoms with van der Waals surface area (Å²) in [5.74, 6) is 0.